The summed E-state index contributed by atoms with van der Waals surface area (Å²) in [6, 6.07) is 0. The van der Waals surface area contributed by atoms with E-state index >= 15 is 0 Å². The number of nitrogens with one attached hydrogen (secondary N) is 1. The second-order valence-electron chi connectivity index (χ2n) is 3.81. The molecular weight excluding hydrogens is 196 g/mol. The van der Waals surface area contributed by atoms with Gasteiger partial charge in [0, 0.05) is 18.1 Å². The summed E-state index contributed by atoms with van der Waals surface area (Å²) >= 11 is 1.41. The molecule has 1 aliphatic rings. The molecule has 1 heterocycles. The minimum absolute atomic E-state index is 0.704. The summed E-state index contributed by atoms with van der Waals surface area (Å²) in [6.07, 6.45) is 5.50. The van der Waals surface area contributed by atoms with E-state index in [1.165, 1.54) is 30.8 Å². The molecule has 0 amide bonds. The topological polar surface area (TPSA) is 63.8 Å². The van der Waals surface area contributed by atoms with E-state index in [2.05, 4.69) is 14.7 Å². The van der Waals surface area contributed by atoms with Crippen LogP contribution >= 0.6 is 11.5 Å². The summed E-state index contributed by atoms with van der Waals surface area (Å²) in [7, 11) is 0. The minimum atomic E-state index is 0.704. The van der Waals surface area contributed by atoms with Gasteiger partial charge in [-0.2, -0.15) is 4.37 Å². The fourth-order valence-electron chi connectivity index (χ4n) is 2.16. The SMILES string of the molecule is NCC1CCCC1CNc1ncns1. The van der Waals surface area contributed by atoms with Crippen LogP contribution in [0.1, 0.15) is 19.3 Å². The zero-order valence-electron chi connectivity index (χ0n) is 8.15. The van der Waals surface area contributed by atoms with E-state index in [1.807, 2.05) is 0 Å². The Labute approximate surface area is 88.1 Å². The number of hydrogen-bond acceptors (Lipinski definition) is 5. The van der Waals surface area contributed by atoms with Crippen LogP contribution in [0.2, 0.25) is 0 Å². The van der Waals surface area contributed by atoms with Crippen LogP contribution in [0, 0.1) is 11.8 Å². The van der Waals surface area contributed by atoms with Crippen LogP contribution in [-0.2, 0) is 0 Å². The lowest BCUT2D eigenvalue weighted by Gasteiger charge is -2.17. The number of hydrogen-bond donors (Lipinski definition) is 2. The van der Waals surface area contributed by atoms with Gasteiger partial charge in [0.05, 0.1) is 0 Å². The van der Waals surface area contributed by atoms with Gasteiger partial charge in [-0.25, -0.2) is 4.98 Å². The van der Waals surface area contributed by atoms with Crippen molar-refractivity contribution in [1.82, 2.24) is 9.36 Å². The molecule has 5 heteroatoms. The van der Waals surface area contributed by atoms with Crippen molar-refractivity contribution in [3.8, 4) is 0 Å². The van der Waals surface area contributed by atoms with Crippen molar-refractivity contribution in [3.05, 3.63) is 6.33 Å². The quantitative estimate of drug-likeness (QED) is 0.790. The van der Waals surface area contributed by atoms with Gasteiger partial charge >= 0.3 is 0 Å². The molecule has 2 atom stereocenters. The highest BCUT2D eigenvalue weighted by Gasteiger charge is 2.25. The lowest BCUT2D eigenvalue weighted by atomic mass is 9.96. The highest BCUT2D eigenvalue weighted by Crippen LogP contribution is 2.30. The minimum Gasteiger partial charge on any atom is -0.360 e. The van der Waals surface area contributed by atoms with Crippen LogP contribution in [0.3, 0.4) is 0 Å². The summed E-state index contributed by atoms with van der Waals surface area (Å²) in [5, 5.41) is 4.24. The average molecular weight is 212 g/mol. The first kappa shape index (κ1) is 9.86. The Morgan fingerprint density at radius 1 is 1.50 bits per heavy atom. The highest BCUT2D eigenvalue weighted by molar-refractivity contribution is 7.09. The third kappa shape index (κ3) is 2.22. The lowest BCUT2D eigenvalue weighted by molar-refractivity contribution is 0.414. The predicted octanol–water partition coefficient (Wildman–Crippen LogP) is 1.32. The number of nitrogens with zero attached hydrogens (tertiary/aromatic N) is 2. The molecule has 0 bridgehead atoms. The number of aromatic nitrogens is 2. The third-order valence-corrected chi connectivity index (χ3v) is 3.62. The maximum atomic E-state index is 5.72. The van der Waals surface area contributed by atoms with Crippen LogP contribution in [0.15, 0.2) is 6.33 Å². The monoisotopic (exact) mass is 212 g/mol. The molecule has 1 saturated carbocycles. The van der Waals surface area contributed by atoms with Gasteiger partial charge in [0.1, 0.15) is 6.33 Å². The van der Waals surface area contributed by atoms with E-state index < -0.39 is 0 Å². The Kier molecular flexibility index (Phi) is 3.31. The van der Waals surface area contributed by atoms with Gasteiger partial charge in [-0.1, -0.05) is 6.42 Å². The first-order valence-corrected chi connectivity index (χ1v) is 5.88. The molecular formula is C9H16N4S. The van der Waals surface area contributed by atoms with E-state index in [1.54, 1.807) is 6.33 Å². The van der Waals surface area contributed by atoms with Crippen LogP contribution in [0.25, 0.3) is 0 Å². The molecule has 0 radical (unpaired) electrons. The maximum Gasteiger partial charge on any atom is 0.202 e. The molecule has 3 N–H and O–H groups in total. The van der Waals surface area contributed by atoms with Crippen molar-refractivity contribution in [2.75, 3.05) is 18.4 Å². The fraction of sp³-hybridized carbons (Fsp3) is 0.778. The number of nitrogens with two attached hydrogens (primary N) is 1. The summed E-state index contributed by atoms with van der Waals surface area (Å²) in [5.74, 6) is 1.43. The first-order chi connectivity index (χ1) is 6.90. The van der Waals surface area contributed by atoms with Crippen molar-refractivity contribution in [3.63, 3.8) is 0 Å². The Balaban J connectivity index is 1.80. The van der Waals surface area contributed by atoms with Crippen molar-refractivity contribution in [1.29, 1.82) is 0 Å². The van der Waals surface area contributed by atoms with E-state index in [-0.39, 0.29) is 0 Å². The maximum absolute atomic E-state index is 5.72. The largest absolute Gasteiger partial charge is 0.360 e. The molecule has 1 aliphatic carbocycles. The van der Waals surface area contributed by atoms with Crippen molar-refractivity contribution in [2.45, 2.75) is 19.3 Å². The normalized spacial score (nSPS) is 26.6. The van der Waals surface area contributed by atoms with E-state index in [4.69, 9.17) is 5.73 Å². The second kappa shape index (κ2) is 4.70. The molecule has 1 fully saturated rings. The molecule has 1 aromatic heterocycles. The zero-order valence-corrected chi connectivity index (χ0v) is 8.96. The molecule has 4 nitrogen and oxygen atoms in total. The molecule has 0 saturated heterocycles. The zero-order chi connectivity index (χ0) is 9.80. The Hall–Kier alpha value is -0.680. The molecule has 0 spiro atoms. The summed E-state index contributed by atoms with van der Waals surface area (Å²) < 4.78 is 3.95. The van der Waals surface area contributed by atoms with E-state index in [0.29, 0.717) is 5.92 Å². The molecule has 2 rings (SSSR count). The Morgan fingerprint density at radius 3 is 3.07 bits per heavy atom. The number of anilines is 1. The highest BCUT2D eigenvalue weighted by atomic mass is 32.1. The second-order valence-corrected chi connectivity index (χ2v) is 4.59. The molecule has 0 aromatic carbocycles. The predicted molar refractivity (Wildman–Crippen MR) is 58.3 cm³/mol. The summed E-state index contributed by atoms with van der Waals surface area (Å²) in [4.78, 5) is 4.09. The molecule has 14 heavy (non-hydrogen) atoms. The van der Waals surface area contributed by atoms with Crippen molar-refractivity contribution in [2.24, 2.45) is 17.6 Å². The number of rotatable bonds is 4. The van der Waals surface area contributed by atoms with E-state index in [9.17, 15) is 0 Å². The van der Waals surface area contributed by atoms with Gasteiger partial charge in [-0.15, -0.1) is 0 Å². The smallest absolute Gasteiger partial charge is 0.202 e. The van der Waals surface area contributed by atoms with Crippen LogP contribution in [0.4, 0.5) is 5.13 Å². The summed E-state index contributed by atoms with van der Waals surface area (Å²) in [6.45, 7) is 1.82. The van der Waals surface area contributed by atoms with Gasteiger partial charge in [0.25, 0.3) is 0 Å². The average Bonchev–Trinajstić information content (AvgIpc) is 2.85. The standard InChI is InChI=1S/C9H16N4S/c10-4-7-2-1-3-8(7)5-11-9-12-6-13-14-9/h6-8H,1-5,10H2,(H,11,12,13). The molecule has 78 valence electrons. The van der Waals surface area contributed by atoms with Gasteiger partial charge < -0.3 is 11.1 Å². The molecule has 0 aliphatic heterocycles. The van der Waals surface area contributed by atoms with Gasteiger partial charge in [0.15, 0.2) is 0 Å². The summed E-state index contributed by atoms with van der Waals surface area (Å²) in [5.41, 5.74) is 5.72. The van der Waals surface area contributed by atoms with Crippen molar-refractivity contribution < 1.29 is 0 Å². The molecule has 2 unspecified atom stereocenters. The first-order valence-electron chi connectivity index (χ1n) is 5.10. The van der Waals surface area contributed by atoms with Crippen LogP contribution in [-0.4, -0.2) is 22.4 Å². The van der Waals surface area contributed by atoms with Crippen LogP contribution in [0.5, 0.6) is 0 Å². The third-order valence-electron chi connectivity index (χ3n) is 3.00. The van der Waals surface area contributed by atoms with E-state index in [0.717, 1.165) is 24.1 Å². The Bertz CT molecular complexity index is 262. The van der Waals surface area contributed by atoms with Gasteiger partial charge in [-0.05, 0) is 31.2 Å². The van der Waals surface area contributed by atoms with Gasteiger partial charge in [-0.3, -0.25) is 0 Å². The lowest BCUT2D eigenvalue weighted by Crippen LogP contribution is -2.24. The fourth-order valence-corrected chi connectivity index (χ4v) is 2.60. The molecule has 1 aromatic rings. The van der Waals surface area contributed by atoms with Crippen LogP contribution < -0.4 is 11.1 Å². The van der Waals surface area contributed by atoms with Gasteiger partial charge in [0.2, 0.25) is 5.13 Å². The Morgan fingerprint density at radius 2 is 2.36 bits per heavy atom. The van der Waals surface area contributed by atoms with Crippen molar-refractivity contribution >= 4 is 16.7 Å².